The summed E-state index contributed by atoms with van der Waals surface area (Å²) in [6.07, 6.45) is 0.303. The lowest BCUT2D eigenvalue weighted by Gasteiger charge is -2.19. The van der Waals surface area contributed by atoms with Crippen molar-refractivity contribution in [2.75, 3.05) is 0 Å². The molecule has 13 heavy (non-hydrogen) atoms. The molecule has 0 unspecified atom stereocenters. The highest BCUT2D eigenvalue weighted by Crippen LogP contribution is 2.20. The zero-order valence-corrected chi connectivity index (χ0v) is 7.49. The maximum atomic E-state index is 9.35. The lowest BCUT2D eigenvalue weighted by molar-refractivity contribution is -0.171. The zero-order valence-electron chi connectivity index (χ0n) is 7.49. The van der Waals surface area contributed by atoms with Crippen molar-refractivity contribution < 1.29 is 21.2 Å². The second-order valence-electron chi connectivity index (χ2n) is 2.54. The lowest BCUT2D eigenvalue weighted by atomic mass is 10.0. The van der Waals surface area contributed by atoms with Crippen LogP contribution in [0.15, 0.2) is 30.3 Å². The van der Waals surface area contributed by atoms with E-state index in [1.165, 1.54) is 0 Å². The van der Waals surface area contributed by atoms with Gasteiger partial charge >= 0.3 is 0 Å². The monoisotopic (exact) mass is 188 g/mol. The molecular formula is C9H16O4. The van der Waals surface area contributed by atoms with Gasteiger partial charge in [0.15, 0.2) is 5.79 Å². The Hall–Kier alpha value is -0.940. The normalized spacial score (nSPS) is 9.77. The molecule has 4 heteroatoms. The molecule has 0 aliphatic heterocycles. The summed E-state index contributed by atoms with van der Waals surface area (Å²) in [5.74, 6) is -1.67. The number of rotatable bonds is 2. The van der Waals surface area contributed by atoms with Gasteiger partial charge in [-0.05, 0) is 0 Å². The summed E-state index contributed by atoms with van der Waals surface area (Å²) in [5.41, 5.74) is 0.544. The minimum atomic E-state index is -1.67. The Balaban J connectivity index is 0. The summed E-state index contributed by atoms with van der Waals surface area (Å²) >= 11 is 0. The number of aliphatic hydroxyl groups is 2. The SMILES string of the molecule is CCC(O)(O)c1ccccc1.O.O. The van der Waals surface area contributed by atoms with E-state index in [0.29, 0.717) is 12.0 Å². The molecule has 4 nitrogen and oxygen atoms in total. The van der Waals surface area contributed by atoms with Crippen molar-refractivity contribution in [2.24, 2.45) is 0 Å². The molecule has 0 aromatic heterocycles. The summed E-state index contributed by atoms with van der Waals surface area (Å²) in [6.45, 7) is 1.73. The predicted molar refractivity (Wildman–Crippen MR) is 50.1 cm³/mol. The van der Waals surface area contributed by atoms with Gasteiger partial charge in [0.25, 0.3) is 0 Å². The molecule has 0 amide bonds. The van der Waals surface area contributed by atoms with Gasteiger partial charge in [-0.2, -0.15) is 0 Å². The van der Waals surface area contributed by atoms with Crippen LogP contribution in [-0.4, -0.2) is 21.2 Å². The third kappa shape index (κ3) is 3.52. The summed E-state index contributed by atoms with van der Waals surface area (Å²) < 4.78 is 0. The van der Waals surface area contributed by atoms with Crippen LogP contribution in [0.1, 0.15) is 18.9 Å². The second kappa shape index (κ2) is 5.66. The van der Waals surface area contributed by atoms with Crippen molar-refractivity contribution in [3.63, 3.8) is 0 Å². The van der Waals surface area contributed by atoms with E-state index >= 15 is 0 Å². The largest absolute Gasteiger partial charge is 0.412 e. The Labute approximate surface area is 77.1 Å². The summed E-state index contributed by atoms with van der Waals surface area (Å²) in [6, 6.07) is 8.81. The van der Waals surface area contributed by atoms with Gasteiger partial charge in [0.2, 0.25) is 0 Å². The maximum Gasteiger partial charge on any atom is 0.189 e. The van der Waals surface area contributed by atoms with Gasteiger partial charge in [-0.1, -0.05) is 37.3 Å². The van der Waals surface area contributed by atoms with E-state index in [1.807, 2.05) is 6.07 Å². The Morgan fingerprint density at radius 2 is 1.54 bits per heavy atom. The smallest absolute Gasteiger partial charge is 0.189 e. The minimum Gasteiger partial charge on any atom is -0.412 e. The van der Waals surface area contributed by atoms with Crippen molar-refractivity contribution in [3.05, 3.63) is 35.9 Å². The highest BCUT2D eigenvalue weighted by Gasteiger charge is 2.21. The van der Waals surface area contributed by atoms with Crippen molar-refractivity contribution in [2.45, 2.75) is 19.1 Å². The molecule has 0 aliphatic carbocycles. The van der Waals surface area contributed by atoms with E-state index in [0.717, 1.165) is 0 Å². The van der Waals surface area contributed by atoms with Crippen LogP contribution in [0.5, 0.6) is 0 Å². The van der Waals surface area contributed by atoms with Gasteiger partial charge in [0, 0.05) is 12.0 Å². The molecule has 1 aromatic rings. The summed E-state index contributed by atoms with van der Waals surface area (Å²) in [4.78, 5) is 0. The molecule has 1 rings (SSSR count). The van der Waals surface area contributed by atoms with E-state index in [4.69, 9.17) is 0 Å². The summed E-state index contributed by atoms with van der Waals surface area (Å²) in [7, 11) is 0. The fourth-order valence-corrected chi connectivity index (χ4v) is 0.909. The van der Waals surface area contributed by atoms with Crippen molar-refractivity contribution in [1.82, 2.24) is 0 Å². The first-order chi connectivity index (χ1) is 5.17. The Kier molecular flexibility index (Phi) is 6.35. The molecule has 0 heterocycles. The molecule has 6 N–H and O–H groups in total. The molecule has 0 saturated carbocycles. The van der Waals surface area contributed by atoms with Crippen LogP contribution in [0.2, 0.25) is 0 Å². The Bertz CT molecular complexity index is 220. The maximum absolute atomic E-state index is 9.35. The molecular weight excluding hydrogens is 172 g/mol. The van der Waals surface area contributed by atoms with Crippen LogP contribution in [0.3, 0.4) is 0 Å². The van der Waals surface area contributed by atoms with Crippen molar-refractivity contribution >= 4 is 0 Å². The molecule has 0 saturated heterocycles. The van der Waals surface area contributed by atoms with Gasteiger partial charge in [0.05, 0.1) is 0 Å². The van der Waals surface area contributed by atoms with Crippen LogP contribution in [0.4, 0.5) is 0 Å². The summed E-state index contributed by atoms with van der Waals surface area (Å²) in [5, 5.41) is 18.7. The number of hydrogen-bond acceptors (Lipinski definition) is 2. The van der Waals surface area contributed by atoms with E-state index in [9.17, 15) is 10.2 Å². The highest BCUT2D eigenvalue weighted by molar-refractivity contribution is 5.19. The van der Waals surface area contributed by atoms with E-state index < -0.39 is 5.79 Å². The van der Waals surface area contributed by atoms with Gasteiger partial charge in [0.1, 0.15) is 0 Å². The molecule has 0 atom stereocenters. The third-order valence-electron chi connectivity index (χ3n) is 1.73. The van der Waals surface area contributed by atoms with E-state index in [1.54, 1.807) is 31.2 Å². The standard InChI is InChI=1S/C9H12O2.2H2O/c1-2-9(10,11)8-6-4-3-5-7-8;;/h3-7,10-11H,2H2,1H3;2*1H2. The van der Waals surface area contributed by atoms with Crippen molar-refractivity contribution in [3.8, 4) is 0 Å². The van der Waals surface area contributed by atoms with Crippen molar-refractivity contribution in [1.29, 1.82) is 0 Å². The third-order valence-corrected chi connectivity index (χ3v) is 1.73. The predicted octanol–water partition coefficient (Wildman–Crippen LogP) is -0.415. The zero-order chi connectivity index (χ0) is 8.32. The van der Waals surface area contributed by atoms with Gasteiger partial charge < -0.3 is 21.2 Å². The Morgan fingerprint density at radius 3 is 1.92 bits per heavy atom. The molecule has 0 aliphatic rings. The van der Waals surface area contributed by atoms with Crippen LogP contribution >= 0.6 is 0 Å². The van der Waals surface area contributed by atoms with Crippen LogP contribution in [0.25, 0.3) is 0 Å². The van der Waals surface area contributed by atoms with E-state index in [-0.39, 0.29) is 11.0 Å². The van der Waals surface area contributed by atoms with Gasteiger partial charge in [-0.25, -0.2) is 0 Å². The highest BCUT2D eigenvalue weighted by atomic mass is 16.5. The molecule has 0 spiro atoms. The first-order valence-corrected chi connectivity index (χ1v) is 3.67. The number of benzene rings is 1. The topological polar surface area (TPSA) is 103 Å². The second-order valence-corrected chi connectivity index (χ2v) is 2.54. The fraction of sp³-hybridized carbons (Fsp3) is 0.333. The molecule has 0 radical (unpaired) electrons. The van der Waals surface area contributed by atoms with Crippen LogP contribution in [0, 0.1) is 0 Å². The quantitative estimate of drug-likeness (QED) is 0.615. The van der Waals surface area contributed by atoms with Gasteiger partial charge in [-0.15, -0.1) is 0 Å². The van der Waals surface area contributed by atoms with Crippen LogP contribution in [-0.2, 0) is 5.79 Å². The average molecular weight is 188 g/mol. The minimum absolute atomic E-state index is 0. The van der Waals surface area contributed by atoms with Gasteiger partial charge in [-0.3, -0.25) is 0 Å². The van der Waals surface area contributed by atoms with Crippen LogP contribution < -0.4 is 0 Å². The molecule has 0 fully saturated rings. The number of hydrogen-bond donors (Lipinski definition) is 2. The molecule has 76 valence electrons. The first-order valence-electron chi connectivity index (χ1n) is 3.67. The Morgan fingerprint density at radius 1 is 1.08 bits per heavy atom. The fourth-order valence-electron chi connectivity index (χ4n) is 0.909. The molecule has 0 bridgehead atoms. The molecule has 1 aromatic carbocycles. The average Bonchev–Trinajstić information content (AvgIpc) is 2.06. The first kappa shape index (κ1) is 14.6. The van der Waals surface area contributed by atoms with E-state index in [2.05, 4.69) is 0 Å². The lowest BCUT2D eigenvalue weighted by Crippen LogP contribution is -2.23.